The smallest absolute Gasteiger partial charge is 0.223 e. The van der Waals surface area contributed by atoms with Gasteiger partial charge >= 0.3 is 0 Å². The Kier molecular flexibility index (Phi) is 7.48. The molecule has 1 heterocycles. The van der Waals surface area contributed by atoms with E-state index in [0.717, 1.165) is 31.2 Å². The molecule has 2 aromatic rings. The van der Waals surface area contributed by atoms with Gasteiger partial charge in [-0.25, -0.2) is 4.98 Å². The number of carbonyl (C=O) groups is 2. The summed E-state index contributed by atoms with van der Waals surface area (Å²) in [4.78, 5) is 28.2. The Morgan fingerprint density at radius 2 is 1.86 bits per heavy atom. The molecular weight excluding hydrogens is 378 g/mol. The van der Waals surface area contributed by atoms with Gasteiger partial charge in [-0.05, 0) is 25.0 Å². The molecule has 0 unspecified atom stereocenters. The number of aromatic nitrogens is 1. The number of oxazole rings is 1. The molecule has 1 aromatic heterocycles. The first kappa shape index (κ1) is 20.4. The molecule has 1 aliphatic rings. The lowest BCUT2D eigenvalue weighted by molar-refractivity contribution is -0.126. The summed E-state index contributed by atoms with van der Waals surface area (Å²) in [6, 6.07) is 7.38. The lowest BCUT2D eigenvalue weighted by Gasteiger charge is -2.20. The normalized spacial score (nSPS) is 14.6. The second-order valence-corrected chi connectivity index (χ2v) is 7.48. The Morgan fingerprint density at radius 3 is 2.64 bits per heavy atom. The van der Waals surface area contributed by atoms with Gasteiger partial charge in [0.15, 0.2) is 11.7 Å². The summed E-state index contributed by atoms with van der Waals surface area (Å²) in [7, 11) is 0. The van der Waals surface area contributed by atoms with Crippen LogP contribution >= 0.6 is 11.6 Å². The van der Waals surface area contributed by atoms with E-state index in [0.29, 0.717) is 36.2 Å². The Bertz CT molecular complexity index is 800. The van der Waals surface area contributed by atoms with Crippen molar-refractivity contribution in [3.8, 4) is 11.3 Å². The van der Waals surface area contributed by atoms with Crippen LogP contribution in [-0.2, 0) is 16.0 Å². The van der Waals surface area contributed by atoms with Crippen LogP contribution in [0.3, 0.4) is 0 Å². The van der Waals surface area contributed by atoms with E-state index in [1.807, 2.05) is 18.2 Å². The van der Waals surface area contributed by atoms with Crippen LogP contribution in [0.5, 0.6) is 0 Å². The highest BCUT2D eigenvalue weighted by Crippen LogP contribution is 2.28. The Morgan fingerprint density at radius 1 is 1.11 bits per heavy atom. The number of hydrogen-bond acceptors (Lipinski definition) is 4. The number of nitrogens with zero attached hydrogens (tertiary/aromatic N) is 1. The second kappa shape index (κ2) is 10.3. The van der Waals surface area contributed by atoms with E-state index in [9.17, 15) is 9.59 Å². The summed E-state index contributed by atoms with van der Waals surface area (Å²) in [5, 5.41) is 6.32. The fraction of sp³-hybridized carbons (Fsp3) is 0.476. The summed E-state index contributed by atoms with van der Waals surface area (Å²) in [6.45, 7) is 0.879. The summed E-state index contributed by atoms with van der Waals surface area (Å²) >= 11 is 6.16. The average molecular weight is 404 g/mol. The van der Waals surface area contributed by atoms with E-state index in [1.165, 1.54) is 6.42 Å². The number of halogens is 1. The Balaban J connectivity index is 1.34. The average Bonchev–Trinajstić information content (AvgIpc) is 3.19. The molecule has 0 spiro atoms. The molecule has 0 radical (unpaired) electrons. The number of aryl methyl sites for hydroxylation is 1. The highest BCUT2D eigenvalue weighted by Gasteiger charge is 2.20. The van der Waals surface area contributed by atoms with Crippen LogP contribution in [0.1, 0.15) is 44.4 Å². The van der Waals surface area contributed by atoms with Gasteiger partial charge in [0, 0.05) is 37.4 Å². The standard InChI is InChI=1S/C21H26ClN3O3/c22-17-9-5-4-8-16(17)18-14-25-20(28-18)11-10-19(26)23-12-13-24-21(27)15-6-2-1-3-7-15/h4-5,8-9,14-15H,1-3,6-7,10-13H2,(H,23,26)(H,24,27). The lowest BCUT2D eigenvalue weighted by atomic mass is 9.89. The van der Waals surface area contributed by atoms with Gasteiger partial charge in [-0.3, -0.25) is 9.59 Å². The molecule has 28 heavy (non-hydrogen) atoms. The minimum Gasteiger partial charge on any atom is -0.441 e. The highest BCUT2D eigenvalue weighted by molar-refractivity contribution is 6.33. The lowest BCUT2D eigenvalue weighted by Crippen LogP contribution is -2.38. The maximum absolute atomic E-state index is 12.0. The topological polar surface area (TPSA) is 84.2 Å². The highest BCUT2D eigenvalue weighted by atomic mass is 35.5. The minimum atomic E-state index is -0.0931. The molecule has 6 nitrogen and oxygen atoms in total. The first-order valence-electron chi connectivity index (χ1n) is 9.87. The summed E-state index contributed by atoms with van der Waals surface area (Å²) in [6.07, 6.45) is 7.75. The zero-order chi connectivity index (χ0) is 19.8. The van der Waals surface area contributed by atoms with Gasteiger partial charge in [0.1, 0.15) is 0 Å². The monoisotopic (exact) mass is 403 g/mol. The molecule has 0 atom stereocenters. The fourth-order valence-electron chi connectivity index (χ4n) is 3.42. The molecule has 0 bridgehead atoms. The number of nitrogens with one attached hydrogen (secondary N) is 2. The zero-order valence-electron chi connectivity index (χ0n) is 15.9. The fourth-order valence-corrected chi connectivity index (χ4v) is 3.65. The molecule has 0 aliphatic heterocycles. The van der Waals surface area contributed by atoms with Crippen molar-refractivity contribution in [2.24, 2.45) is 5.92 Å². The molecule has 150 valence electrons. The van der Waals surface area contributed by atoms with Crippen molar-refractivity contribution in [1.82, 2.24) is 15.6 Å². The third-order valence-corrected chi connectivity index (χ3v) is 5.31. The summed E-state index contributed by atoms with van der Waals surface area (Å²) < 4.78 is 5.69. The quantitative estimate of drug-likeness (QED) is 0.657. The maximum atomic E-state index is 12.0. The van der Waals surface area contributed by atoms with Gasteiger partial charge in [-0.2, -0.15) is 0 Å². The van der Waals surface area contributed by atoms with Crippen molar-refractivity contribution in [2.75, 3.05) is 13.1 Å². The third kappa shape index (κ3) is 5.83. The molecule has 3 rings (SSSR count). The molecule has 0 saturated heterocycles. The third-order valence-electron chi connectivity index (χ3n) is 4.98. The van der Waals surface area contributed by atoms with E-state index >= 15 is 0 Å². The van der Waals surface area contributed by atoms with E-state index in [2.05, 4.69) is 15.6 Å². The van der Waals surface area contributed by atoms with Crippen LogP contribution < -0.4 is 10.6 Å². The van der Waals surface area contributed by atoms with Crippen molar-refractivity contribution in [3.63, 3.8) is 0 Å². The maximum Gasteiger partial charge on any atom is 0.223 e. The molecular formula is C21H26ClN3O3. The van der Waals surface area contributed by atoms with Gasteiger partial charge in [0.2, 0.25) is 11.8 Å². The predicted molar refractivity (Wildman–Crippen MR) is 108 cm³/mol. The van der Waals surface area contributed by atoms with Crippen molar-refractivity contribution in [2.45, 2.75) is 44.9 Å². The van der Waals surface area contributed by atoms with E-state index in [4.69, 9.17) is 16.0 Å². The number of carbonyl (C=O) groups excluding carboxylic acids is 2. The van der Waals surface area contributed by atoms with Crippen LogP contribution in [0.25, 0.3) is 11.3 Å². The number of hydrogen-bond donors (Lipinski definition) is 2. The van der Waals surface area contributed by atoms with Crippen LogP contribution in [0.4, 0.5) is 0 Å². The molecule has 2 N–H and O–H groups in total. The summed E-state index contributed by atoms with van der Waals surface area (Å²) in [5.41, 5.74) is 0.779. The van der Waals surface area contributed by atoms with E-state index < -0.39 is 0 Å². The van der Waals surface area contributed by atoms with E-state index in [1.54, 1.807) is 12.3 Å². The SMILES string of the molecule is O=C(CCc1ncc(-c2ccccc2Cl)o1)NCCNC(=O)C1CCCCC1. The first-order chi connectivity index (χ1) is 13.6. The van der Waals surface area contributed by atoms with E-state index in [-0.39, 0.29) is 24.2 Å². The molecule has 2 amide bonds. The molecule has 1 aromatic carbocycles. The van der Waals surface area contributed by atoms with Gasteiger partial charge in [-0.1, -0.05) is 43.0 Å². The second-order valence-electron chi connectivity index (χ2n) is 7.07. The number of rotatable bonds is 8. The Labute approximate surface area is 170 Å². The molecule has 1 aliphatic carbocycles. The minimum absolute atomic E-state index is 0.0931. The van der Waals surface area contributed by atoms with Crippen molar-refractivity contribution >= 4 is 23.4 Å². The zero-order valence-corrected chi connectivity index (χ0v) is 16.6. The molecule has 1 fully saturated rings. The van der Waals surface area contributed by atoms with Gasteiger partial charge < -0.3 is 15.1 Å². The van der Waals surface area contributed by atoms with Crippen molar-refractivity contribution in [1.29, 1.82) is 0 Å². The van der Waals surface area contributed by atoms with Gasteiger partial charge in [-0.15, -0.1) is 0 Å². The van der Waals surface area contributed by atoms with Crippen LogP contribution in [0.15, 0.2) is 34.9 Å². The van der Waals surface area contributed by atoms with Crippen molar-refractivity contribution < 1.29 is 14.0 Å². The largest absolute Gasteiger partial charge is 0.441 e. The van der Waals surface area contributed by atoms with Crippen molar-refractivity contribution in [3.05, 3.63) is 41.4 Å². The van der Waals surface area contributed by atoms with Crippen LogP contribution in [0, 0.1) is 5.92 Å². The number of amides is 2. The van der Waals surface area contributed by atoms with Gasteiger partial charge in [0.05, 0.1) is 11.2 Å². The van der Waals surface area contributed by atoms with Crippen LogP contribution in [0.2, 0.25) is 5.02 Å². The number of benzene rings is 1. The van der Waals surface area contributed by atoms with Gasteiger partial charge in [0.25, 0.3) is 0 Å². The summed E-state index contributed by atoms with van der Waals surface area (Å²) in [5.74, 6) is 1.24. The molecule has 1 saturated carbocycles. The first-order valence-corrected chi connectivity index (χ1v) is 10.3. The van der Waals surface area contributed by atoms with Crippen LogP contribution in [-0.4, -0.2) is 29.9 Å². The Hall–Kier alpha value is -2.34. The molecule has 7 heteroatoms. The predicted octanol–water partition coefficient (Wildman–Crippen LogP) is 3.74.